The maximum atomic E-state index is 10.6. The Morgan fingerprint density at radius 1 is 1.58 bits per heavy atom. The van der Waals surface area contributed by atoms with Gasteiger partial charge in [-0.05, 0) is 6.07 Å². The van der Waals surface area contributed by atoms with Crippen molar-refractivity contribution in [3.8, 4) is 0 Å². The quantitative estimate of drug-likeness (QED) is 0.415. The molecular formula is C7H8N2O3. The van der Waals surface area contributed by atoms with Gasteiger partial charge in [0.1, 0.15) is 11.3 Å². The summed E-state index contributed by atoms with van der Waals surface area (Å²) in [4.78, 5) is 10.6. The summed E-state index contributed by atoms with van der Waals surface area (Å²) in [6, 6.07) is 4.38. The van der Waals surface area contributed by atoms with Crippen molar-refractivity contribution >= 4 is 17.3 Å². The average molecular weight is 168 g/mol. The molecule has 1 aromatic carbocycles. The van der Waals surface area contributed by atoms with Gasteiger partial charge in [0.05, 0.1) is 5.69 Å². The standard InChI is InChI=1S/C7H8N2O3/c8-4-2-1-3-5(9-12)6(4)7(10)11/h1-3H,8-9H2,(H,10,11). The van der Waals surface area contributed by atoms with E-state index in [1.54, 1.807) is 0 Å². The summed E-state index contributed by atoms with van der Waals surface area (Å²) < 4.78 is 0. The Labute approximate surface area is 68.4 Å². The summed E-state index contributed by atoms with van der Waals surface area (Å²) in [5.41, 5.74) is 5.90. The minimum absolute atomic E-state index is 0.0995. The third-order valence-corrected chi connectivity index (χ3v) is 1.47. The molecule has 0 aliphatic carbocycles. The zero-order valence-corrected chi connectivity index (χ0v) is 6.15. The molecule has 0 aliphatic heterocycles. The van der Waals surface area contributed by atoms with Crippen LogP contribution < -0.4 is 11.2 Å². The van der Waals surface area contributed by atoms with E-state index in [1.807, 2.05) is 0 Å². The summed E-state index contributed by atoms with van der Waals surface area (Å²) in [7, 11) is 0. The Kier molecular flexibility index (Phi) is 2.27. The second-order valence-electron chi connectivity index (χ2n) is 2.23. The minimum Gasteiger partial charge on any atom is -0.630 e. The van der Waals surface area contributed by atoms with Crippen LogP contribution in [0.25, 0.3) is 0 Å². The highest BCUT2D eigenvalue weighted by molar-refractivity contribution is 5.97. The number of carbonyl (C=O) groups is 1. The van der Waals surface area contributed by atoms with E-state index >= 15 is 0 Å². The molecule has 1 rings (SSSR count). The lowest BCUT2D eigenvalue weighted by Crippen LogP contribution is -2.70. The van der Waals surface area contributed by atoms with Crippen LogP contribution in [-0.4, -0.2) is 11.1 Å². The summed E-state index contributed by atoms with van der Waals surface area (Å²) in [5.74, 6) is -1.18. The first-order valence-electron chi connectivity index (χ1n) is 3.23. The smallest absolute Gasteiger partial charge is 0.343 e. The second kappa shape index (κ2) is 3.21. The summed E-state index contributed by atoms with van der Waals surface area (Å²) in [6.45, 7) is 0. The molecule has 0 saturated heterocycles. The molecule has 12 heavy (non-hydrogen) atoms. The fraction of sp³-hybridized carbons (Fsp3) is 0. The van der Waals surface area contributed by atoms with Crippen molar-refractivity contribution in [1.82, 2.24) is 0 Å². The van der Waals surface area contributed by atoms with Crippen LogP contribution in [0.1, 0.15) is 10.4 Å². The Morgan fingerprint density at radius 3 is 2.67 bits per heavy atom. The number of quaternary nitrogens is 1. The van der Waals surface area contributed by atoms with Crippen LogP contribution in [0.2, 0.25) is 0 Å². The van der Waals surface area contributed by atoms with Crippen molar-refractivity contribution in [2.75, 3.05) is 5.73 Å². The van der Waals surface area contributed by atoms with Crippen molar-refractivity contribution in [3.63, 3.8) is 0 Å². The van der Waals surface area contributed by atoms with Crippen LogP contribution >= 0.6 is 0 Å². The van der Waals surface area contributed by atoms with Crippen molar-refractivity contribution in [2.45, 2.75) is 0 Å². The third-order valence-electron chi connectivity index (χ3n) is 1.47. The van der Waals surface area contributed by atoms with Crippen molar-refractivity contribution in [2.24, 2.45) is 0 Å². The van der Waals surface area contributed by atoms with Gasteiger partial charge in [0.15, 0.2) is 0 Å². The summed E-state index contributed by atoms with van der Waals surface area (Å²) >= 11 is 0. The van der Waals surface area contributed by atoms with Gasteiger partial charge in [-0.15, -0.1) is 0 Å². The highest BCUT2D eigenvalue weighted by atomic mass is 16.5. The predicted octanol–water partition coefficient (Wildman–Crippen LogP) is -0.340. The molecule has 0 unspecified atom stereocenters. The average Bonchev–Trinajstić information content (AvgIpc) is 2.03. The molecule has 0 atom stereocenters. The van der Waals surface area contributed by atoms with Crippen molar-refractivity contribution in [3.05, 3.63) is 29.0 Å². The molecule has 0 bridgehead atoms. The molecule has 5 nitrogen and oxygen atoms in total. The normalized spacial score (nSPS) is 9.75. The Balaban J connectivity index is 3.29. The summed E-state index contributed by atoms with van der Waals surface area (Å²) in [6.07, 6.45) is 0. The lowest BCUT2D eigenvalue weighted by atomic mass is 10.1. The molecule has 0 aliphatic rings. The van der Waals surface area contributed by atoms with E-state index in [0.717, 1.165) is 0 Å². The first-order chi connectivity index (χ1) is 5.66. The molecule has 5 heteroatoms. The number of carboxylic acids is 1. The SMILES string of the molecule is Nc1cccc([NH2+][O-])c1C(=O)O. The van der Waals surface area contributed by atoms with Gasteiger partial charge >= 0.3 is 5.97 Å². The van der Waals surface area contributed by atoms with Crippen LogP contribution in [0.5, 0.6) is 0 Å². The number of anilines is 1. The highest BCUT2D eigenvalue weighted by Crippen LogP contribution is 2.17. The molecule has 1 aromatic rings. The Bertz CT molecular complexity index is 312. The highest BCUT2D eigenvalue weighted by Gasteiger charge is 2.14. The van der Waals surface area contributed by atoms with Gasteiger partial charge in [0, 0.05) is 6.07 Å². The lowest BCUT2D eigenvalue weighted by Gasteiger charge is -2.06. The molecule has 0 radical (unpaired) electrons. The second-order valence-corrected chi connectivity index (χ2v) is 2.23. The zero-order chi connectivity index (χ0) is 9.14. The monoisotopic (exact) mass is 168 g/mol. The Morgan fingerprint density at radius 2 is 2.25 bits per heavy atom. The van der Waals surface area contributed by atoms with Crippen LogP contribution in [-0.2, 0) is 0 Å². The van der Waals surface area contributed by atoms with E-state index < -0.39 is 5.97 Å². The van der Waals surface area contributed by atoms with E-state index in [1.165, 1.54) is 18.2 Å². The van der Waals surface area contributed by atoms with Gasteiger partial charge in [0.2, 0.25) is 0 Å². The van der Waals surface area contributed by atoms with E-state index in [2.05, 4.69) is 0 Å². The fourth-order valence-corrected chi connectivity index (χ4v) is 0.934. The van der Waals surface area contributed by atoms with Crippen LogP contribution in [0.4, 0.5) is 11.4 Å². The van der Waals surface area contributed by atoms with Gasteiger partial charge in [-0.1, -0.05) is 6.07 Å². The van der Waals surface area contributed by atoms with Crippen LogP contribution in [0, 0.1) is 5.21 Å². The number of carboxylic acid groups (broad SMARTS) is 1. The van der Waals surface area contributed by atoms with Gasteiger partial charge in [-0.3, -0.25) is 0 Å². The molecular weight excluding hydrogens is 160 g/mol. The maximum absolute atomic E-state index is 10.6. The fourth-order valence-electron chi connectivity index (χ4n) is 0.934. The number of hydrogen-bond donors (Lipinski definition) is 3. The number of nitrogen functional groups attached to an aromatic ring is 1. The van der Waals surface area contributed by atoms with Gasteiger partial charge < -0.3 is 21.5 Å². The molecule has 0 fully saturated rings. The molecule has 64 valence electrons. The van der Waals surface area contributed by atoms with Gasteiger partial charge in [0.25, 0.3) is 0 Å². The number of benzene rings is 1. The minimum atomic E-state index is -1.18. The number of rotatable bonds is 2. The van der Waals surface area contributed by atoms with E-state index in [0.29, 0.717) is 5.48 Å². The molecule has 5 N–H and O–H groups in total. The predicted molar refractivity (Wildman–Crippen MR) is 42.8 cm³/mol. The first-order valence-corrected chi connectivity index (χ1v) is 3.23. The molecule has 0 amide bonds. The third kappa shape index (κ3) is 1.36. The lowest BCUT2D eigenvalue weighted by molar-refractivity contribution is -0.497. The summed E-state index contributed by atoms with van der Waals surface area (Å²) in [5, 5.41) is 19.0. The number of hydrogen-bond acceptors (Lipinski definition) is 3. The molecule has 0 heterocycles. The number of nitrogens with two attached hydrogens (primary N) is 2. The molecule has 0 saturated carbocycles. The van der Waals surface area contributed by atoms with Crippen molar-refractivity contribution < 1.29 is 15.4 Å². The van der Waals surface area contributed by atoms with Crippen LogP contribution in [0.15, 0.2) is 18.2 Å². The van der Waals surface area contributed by atoms with Gasteiger partial charge in [-0.25, -0.2) is 4.79 Å². The van der Waals surface area contributed by atoms with Crippen molar-refractivity contribution in [1.29, 1.82) is 0 Å². The van der Waals surface area contributed by atoms with Crippen LogP contribution in [0.3, 0.4) is 0 Å². The van der Waals surface area contributed by atoms with E-state index in [-0.39, 0.29) is 16.9 Å². The first kappa shape index (κ1) is 8.51. The Hall–Kier alpha value is -1.59. The number of aromatic carboxylic acids is 1. The molecule has 0 spiro atoms. The maximum Gasteiger partial charge on any atom is 0.343 e. The largest absolute Gasteiger partial charge is 0.630 e. The topological polar surface area (TPSA) is 103 Å². The zero-order valence-electron chi connectivity index (χ0n) is 6.15. The van der Waals surface area contributed by atoms with E-state index in [4.69, 9.17) is 10.8 Å². The van der Waals surface area contributed by atoms with Gasteiger partial charge in [-0.2, -0.15) is 0 Å². The van der Waals surface area contributed by atoms with E-state index in [9.17, 15) is 10.0 Å². The molecule has 0 aromatic heterocycles.